The molecule has 5 atom stereocenters. The summed E-state index contributed by atoms with van der Waals surface area (Å²) in [6, 6.07) is 8.18. The number of phenolic OH excluding ortho intramolecular Hbond substituents is 1. The molecule has 2 aromatic rings. The summed E-state index contributed by atoms with van der Waals surface area (Å²) in [4.78, 5) is 77.6. The Morgan fingerprint density at radius 1 is 1.10 bits per heavy atom. The van der Waals surface area contributed by atoms with Gasteiger partial charge in [-0.3, -0.25) is 34.1 Å². The molecule has 0 aliphatic heterocycles. The number of rotatable bonds is 4. The number of Topliss-reactive ketones (excluding diaryl/α,β-unsaturated/α-hetero) is 4. The van der Waals surface area contributed by atoms with Gasteiger partial charge < -0.3 is 20.8 Å². The normalized spacial score (nSPS) is 27.9. The topological polar surface area (TPSA) is 198 Å². The lowest BCUT2D eigenvalue weighted by molar-refractivity contribution is -0.385. The summed E-state index contributed by atoms with van der Waals surface area (Å²) in [5.41, 5.74) is 3.26. The van der Waals surface area contributed by atoms with Crippen molar-refractivity contribution >= 4 is 40.4 Å². The molecule has 0 spiro atoms. The average molecular weight is 536 g/mol. The molecule has 2 fully saturated rings. The Hall–Kier alpha value is -4.45. The van der Waals surface area contributed by atoms with Gasteiger partial charge >= 0.3 is 5.69 Å². The third-order valence-electron chi connectivity index (χ3n) is 8.27. The van der Waals surface area contributed by atoms with Crippen LogP contribution in [0.5, 0.6) is 5.75 Å². The van der Waals surface area contributed by atoms with Gasteiger partial charge in [0.05, 0.1) is 16.4 Å². The number of hydrogen-bond donors (Lipinski definition) is 3. The smallest absolute Gasteiger partial charge is 0.312 e. The van der Waals surface area contributed by atoms with Crippen LogP contribution in [0.2, 0.25) is 0 Å². The second-order valence-corrected chi connectivity index (χ2v) is 10.6. The van der Waals surface area contributed by atoms with Crippen LogP contribution in [0.1, 0.15) is 28.8 Å². The van der Waals surface area contributed by atoms with Crippen molar-refractivity contribution in [3.63, 3.8) is 0 Å². The third kappa shape index (κ3) is 3.66. The number of benzene rings is 2. The van der Waals surface area contributed by atoms with Crippen LogP contribution in [0.4, 0.5) is 11.4 Å². The number of fused-ring (bicyclic) bond motifs is 3. The highest BCUT2D eigenvalue weighted by Crippen LogP contribution is 2.52. The lowest BCUT2D eigenvalue weighted by atomic mass is 9.53. The van der Waals surface area contributed by atoms with E-state index in [-0.39, 0.29) is 12.8 Å². The Morgan fingerprint density at radius 3 is 2.31 bits per heavy atom. The van der Waals surface area contributed by atoms with E-state index >= 15 is 0 Å². The summed E-state index contributed by atoms with van der Waals surface area (Å²) in [6.07, 6.45) is -0.504. The maximum absolute atomic E-state index is 13.8. The number of nitrogens with zero attached hydrogens (tertiary/aromatic N) is 2. The highest BCUT2D eigenvalue weighted by atomic mass is 16.6. The van der Waals surface area contributed by atoms with Crippen LogP contribution in [-0.2, 0) is 25.6 Å². The van der Waals surface area contributed by atoms with Gasteiger partial charge in [0.2, 0.25) is 11.7 Å². The summed E-state index contributed by atoms with van der Waals surface area (Å²) in [5.74, 6) is -12.1. The van der Waals surface area contributed by atoms with Gasteiger partial charge in [-0.1, -0.05) is 12.1 Å². The maximum Gasteiger partial charge on any atom is 0.312 e. The number of nitrogens with two attached hydrogens (primary N) is 1. The fourth-order valence-corrected chi connectivity index (χ4v) is 6.36. The first kappa shape index (κ1) is 26.2. The Kier molecular flexibility index (Phi) is 5.91. The number of ketones is 4. The minimum Gasteiger partial charge on any atom is -0.502 e. The first-order chi connectivity index (χ1) is 18.3. The molecule has 0 saturated heterocycles. The number of anilines is 1. The van der Waals surface area contributed by atoms with Crippen molar-refractivity contribution < 1.29 is 39.1 Å². The van der Waals surface area contributed by atoms with E-state index in [0.29, 0.717) is 16.7 Å². The van der Waals surface area contributed by atoms with Crippen molar-refractivity contribution in [3.8, 4) is 16.9 Å². The molecule has 202 valence electrons. The predicted octanol–water partition coefficient (Wildman–Crippen LogP) is 0.968. The van der Waals surface area contributed by atoms with Crippen LogP contribution in [0.3, 0.4) is 0 Å². The number of hydrogen-bond acceptors (Lipinski definition) is 10. The van der Waals surface area contributed by atoms with Crippen molar-refractivity contribution in [2.75, 3.05) is 19.0 Å². The molecule has 4 N–H and O–H groups in total. The van der Waals surface area contributed by atoms with E-state index in [1.54, 1.807) is 24.3 Å². The zero-order valence-corrected chi connectivity index (χ0v) is 21.0. The summed E-state index contributed by atoms with van der Waals surface area (Å²) in [5, 5.41) is 33.9. The Bertz CT molecular complexity index is 1500. The second-order valence-electron chi connectivity index (χ2n) is 10.6. The predicted molar refractivity (Wildman–Crippen MR) is 135 cm³/mol. The molecule has 3 aliphatic carbocycles. The van der Waals surface area contributed by atoms with Gasteiger partial charge in [0, 0.05) is 38.2 Å². The van der Waals surface area contributed by atoms with E-state index in [2.05, 4.69) is 0 Å². The van der Waals surface area contributed by atoms with Gasteiger partial charge in [0.15, 0.2) is 34.7 Å². The first-order valence-corrected chi connectivity index (χ1v) is 12.3. The van der Waals surface area contributed by atoms with Crippen molar-refractivity contribution in [3.05, 3.63) is 51.6 Å². The van der Waals surface area contributed by atoms with Gasteiger partial charge in [0.1, 0.15) is 0 Å². The fourth-order valence-electron chi connectivity index (χ4n) is 6.36. The molecule has 0 radical (unpaired) electrons. The van der Waals surface area contributed by atoms with E-state index in [9.17, 15) is 44.3 Å². The molecule has 2 unspecified atom stereocenters. The standard InChI is InChI=1S/C27H25N3O9/c1-29(2)14-5-3-11(4-6-14)15-10-17(30(38)39)22(32)20-16(15)8-12-7-13-9-18(31)21(26(28)36)25(35)27(13,37)24(34)19(12)23(20)33/h3-6,10,12-13,19,21,32,37H,7-9H2,1-2H3,(H2,28,36)/t12-,13+,19?,21?,27+/m1/s1. The SMILES string of the molecule is CN(C)c1ccc(-c2cc([N+](=O)[O-])c(O)c3c2C[C@H]2C[C@H]4CC(=O)C(C(N)=O)C(=O)[C@@]4(O)C(=O)C2C3=O)cc1. The van der Waals surface area contributed by atoms with Crippen molar-refractivity contribution in [1.82, 2.24) is 0 Å². The minimum absolute atomic E-state index is 0.0159. The molecule has 5 rings (SSSR count). The molecule has 0 aromatic heterocycles. The molecule has 12 heteroatoms. The first-order valence-electron chi connectivity index (χ1n) is 12.3. The van der Waals surface area contributed by atoms with E-state index in [1.165, 1.54) is 6.07 Å². The number of nitro groups is 1. The quantitative estimate of drug-likeness (QED) is 0.288. The highest BCUT2D eigenvalue weighted by molar-refractivity contribution is 6.31. The lowest BCUT2D eigenvalue weighted by Crippen LogP contribution is -2.68. The van der Waals surface area contributed by atoms with Crippen LogP contribution in [-0.4, -0.2) is 63.9 Å². The molecule has 0 heterocycles. The third-order valence-corrected chi connectivity index (χ3v) is 8.27. The number of phenols is 1. The van der Waals surface area contributed by atoms with Crippen LogP contribution in [0.25, 0.3) is 11.1 Å². The maximum atomic E-state index is 13.8. The lowest BCUT2D eigenvalue weighted by Gasteiger charge is -2.48. The summed E-state index contributed by atoms with van der Waals surface area (Å²) >= 11 is 0. The van der Waals surface area contributed by atoms with Gasteiger partial charge in [-0.15, -0.1) is 0 Å². The van der Waals surface area contributed by atoms with E-state index in [4.69, 9.17) is 5.73 Å². The van der Waals surface area contributed by atoms with E-state index < -0.39 is 86.7 Å². The molecule has 1 amide bonds. The Labute approximate surface area is 221 Å². The number of aliphatic hydroxyl groups is 1. The molecule has 0 bridgehead atoms. The summed E-state index contributed by atoms with van der Waals surface area (Å²) in [6.45, 7) is 0. The van der Waals surface area contributed by atoms with Gasteiger partial charge in [0.25, 0.3) is 0 Å². The Morgan fingerprint density at radius 2 is 1.74 bits per heavy atom. The number of amides is 1. The monoisotopic (exact) mass is 535 g/mol. The molecule has 39 heavy (non-hydrogen) atoms. The van der Waals surface area contributed by atoms with Crippen molar-refractivity contribution in [1.29, 1.82) is 0 Å². The highest BCUT2D eigenvalue weighted by Gasteiger charge is 2.66. The van der Waals surface area contributed by atoms with E-state index in [1.807, 2.05) is 19.0 Å². The summed E-state index contributed by atoms with van der Waals surface area (Å²) < 4.78 is 0. The van der Waals surface area contributed by atoms with Crippen molar-refractivity contribution in [2.24, 2.45) is 29.4 Å². The molecule has 2 saturated carbocycles. The van der Waals surface area contributed by atoms with Gasteiger partial charge in [-0.2, -0.15) is 0 Å². The molecule has 2 aromatic carbocycles. The number of aromatic hydroxyl groups is 1. The van der Waals surface area contributed by atoms with Crippen LogP contribution >= 0.6 is 0 Å². The number of nitro benzene ring substituents is 1. The number of carbonyl (C=O) groups is 5. The van der Waals surface area contributed by atoms with Gasteiger partial charge in [-0.05, 0) is 47.6 Å². The average Bonchev–Trinajstić information content (AvgIpc) is 2.86. The number of carbonyl (C=O) groups excluding carboxylic acids is 5. The molecule has 12 nitrogen and oxygen atoms in total. The molecular formula is C27H25N3O9. The summed E-state index contributed by atoms with van der Waals surface area (Å²) in [7, 11) is 3.68. The number of primary amides is 1. The minimum atomic E-state index is -2.79. The zero-order valence-electron chi connectivity index (χ0n) is 21.0. The van der Waals surface area contributed by atoms with Crippen molar-refractivity contribution in [2.45, 2.75) is 24.9 Å². The van der Waals surface area contributed by atoms with Crippen LogP contribution < -0.4 is 10.6 Å². The van der Waals surface area contributed by atoms with Gasteiger partial charge in [-0.25, -0.2) is 0 Å². The zero-order chi connectivity index (χ0) is 28.5. The van der Waals surface area contributed by atoms with Crippen LogP contribution in [0.15, 0.2) is 30.3 Å². The van der Waals surface area contributed by atoms with E-state index in [0.717, 1.165) is 5.69 Å². The Balaban J connectivity index is 1.66. The largest absolute Gasteiger partial charge is 0.502 e. The fraction of sp³-hybridized carbons (Fsp3) is 0.370. The molecular weight excluding hydrogens is 510 g/mol. The second kappa shape index (κ2) is 8.80. The van der Waals surface area contributed by atoms with Crippen LogP contribution in [0, 0.1) is 33.8 Å². The molecule has 3 aliphatic rings.